The lowest BCUT2D eigenvalue weighted by Gasteiger charge is -2.13. The number of para-hydroxylation sites is 1. The van der Waals surface area contributed by atoms with E-state index in [4.69, 9.17) is 11.6 Å². The van der Waals surface area contributed by atoms with Gasteiger partial charge in [0.05, 0.1) is 16.8 Å². The Morgan fingerprint density at radius 2 is 2.00 bits per heavy atom. The van der Waals surface area contributed by atoms with E-state index in [1.807, 2.05) is 25.1 Å². The van der Waals surface area contributed by atoms with E-state index in [2.05, 4.69) is 15.3 Å². The van der Waals surface area contributed by atoms with Crippen LogP contribution < -0.4 is 5.32 Å². The Hall–Kier alpha value is -2.32. The summed E-state index contributed by atoms with van der Waals surface area (Å²) < 4.78 is 38.7. The van der Waals surface area contributed by atoms with Crippen LogP contribution in [0.5, 0.6) is 0 Å². The van der Waals surface area contributed by atoms with Gasteiger partial charge in [0.2, 0.25) is 0 Å². The largest absolute Gasteiger partial charge is 0.417 e. The maximum absolute atomic E-state index is 12.9. The van der Waals surface area contributed by atoms with E-state index in [1.54, 1.807) is 12.1 Å². The number of rotatable bonds is 4. The van der Waals surface area contributed by atoms with E-state index in [9.17, 15) is 18.0 Å². The second-order valence-electron chi connectivity index (χ2n) is 5.48. The third-order valence-corrected chi connectivity index (χ3v) is 4.83. The molecule has 0 fully saturated rings. The molecule has 0 unspecified atom stereocenters. The van der Waals surface area contributed by atoms with Crippen molar-refractivity contribution in [2.75, 3.05) is 11.1 Å². The summed E-state index contributed by atoms with van der Waals surface area (Å²) >= 11 is 7.27. The molecule has 1 amide bonds. The fraction of sp³-hybridized carbons (Fsp3) is 0.167. The average molecular weight is 412 g/mol. The smallest absolute Gasteiger partial charge is 0.318 e. The number of thioether (sulfide) groups is 1. The van der Waals surface area contributed by atoms with Crippen LogP contribution in [0.4, 0.5) is 18.9 Å². The fourth-order valence-electron chi connectivity index (χ4n) is 2.40. The normalized spacial score (nSPS) is 11.6. The lowest BCUT2D eigenvalue weighted by Crippen LogP contribution is -2.17. The second-order valence-corrected chi connectivity index (χ2v) is 7.14. The number of halogens is 4. The first-order valence-electron chi connectivity index (χ1n) is 7.86. The number of alkyl halides is 3. The van der Waals surface area contributed by atoms with Gasteiger partial charge >= 0.3 is 6.18 Å². The van der Waals surface area contributed by atoms with Gasteiger partial charge in [0.15, 0.2) is 5.15 Å². The Labute approximate surface area is 162 Å². The molecule has 3 rings (SSSR count). The molecule has 0 saturated heterocycles. The van der Waals surface area contributed by atoms with Crippen LogP contribution in [0.25, 0.3) is 10.9 Å². The standard InChI is InChI=1S/C18H13ClF3N3OS/c1-2-27-14-7-10-5-3-4-6-12(10)24-15(14)17(26)25-13-8-11(18(20,21)22)9-23-16(13)19/h3-9H,2H2,1H3,(H,25,26). The molecular weight excluding hydrogens is 399 g/mol. The molecule has 9 heteroatoms. The number of nitrogens with one attached hydrogen (secondary N) is 1. The molecule has 3 aromatic rings. The number of hydrogen-bond acceptors (Lipinski definition) is 4. The number of nitrogens with zero attached hydrogens (tertiary/aromatic N) is 2. The molecular formula is C18H13ClF3N3OS. The van der Waals surface area contributed by atoms with E-state index in [0.717, 1.165) is 11.5 Å². The molecule has 27 heavy (non-hydrogen) atoms. The predicted octanol–water partition coefficient (Wildman–Crippen LogP) is 5.67. The number of amides is 1. The molecule has 0 saturated carbocycles. The minimum absolute atomic E-state index is 0.119. The Morgan fingerprint density at radius 3 is 2.70 bits per heavy atom. The Bertz CT molecular complexity index is 1010. The van der Waals surface area contributed by atoms with Crippen molar-refractivity contribution >= 4 is 45.9 Å². The van der Waals surface area contributed by atoms with Gasteiger partial charge in [0.25, 0.3) is 5.91 Å². The molecule has 0 aliphatic carbocycles. The van der Waals surface area contributed by atoms with Crippen LogP contribution in [0.1, 0.15) is 23.0 Å². The highest BCUT2D eigenvalue weighted by Crippen LogP contribution is 2.33. The number of benzene rings is 1. The number of anilines is 1. The molecule has 4 nitrogen and oxygen atoms in total. The van der Waals surface area contributed by atoms with E-state index in [1.165, 1.54) is 11.8 Å². The van der Waals surface area contributed by atoms with Crippen molar-refractivity contribution in [1.82, 2.24) is 9.97 Å². The number of pyridine rings is 2. The van der Waals surface area contributed by atoms with Crippen LogP contribution in [0.15, 0.2) is 47.5 Å². The fourth-order valence-corrected chi connectivity index (χ4v) is 3.34. The Balaban J connectivity index is 2.00. The SMILES string of the molecule is CCSc1cc2ccccc2nc1C(=O)Nc1cc(C(F)(F)F)cnc1Cl. The third-order valence-electron chi connectivity index (χ3n) is 3.62. The minimum Gasteiger partial charge on any atom is -0.318 e. The van der Waals surface area contributed by atoms with Crippen molar-refractivity contribution in [3.05, 3.63) is 59.0 Å². The number of carbonyl (C=O) groups is 1. The summed E-state index contributed by atoms with van der Waals surface area (Å²) in [7, 11) is 0. The van der Waals surface area contributed by atoms with Gasteiger partial charge in [-0.3, -0.25) is 4.79 Å². The Morgan fingerprint density at radius 1 is 1.26 bits per heavy atom. The molecule has 0 aliphatic rings. The Kier molecular flexibility index (Phi) is 5.57. The molecule has 1 aromatic carbocycles. The van der Waals surface area contributed by atoms with Gasteiger partial charge in [0.1, 0.15) is 5.69 Å². The predicted molar refractivity (Wildman–Crippen MR) is 100 cm³/mol. The summed E-state index contributed by atoms with van der Waals surface area (Å²) in [6.45, 7) is 1.93. The first-order valence-corrected chi connectivity index (χ1v) is 9.22. The van der Waals surface area contributed by atoms with E-state index >= 15 is 0 Å². The van der Waals surface area contributed by atoms with E-state index < -0.39 is 17.6 Å². The zero-order chi connectivity index (χ0) is 19.6. The number of aromatic nitrogens is 2. The maximum atomic E-state index is 12.9. The number of fused-ring (bicyclic) bond motifs is 1. The summed E-state index contributed by atoms with van der Waals surface area (Å²) in [6.07, 6.45) is -3.98. The van der Waals surface area contributed by atoms with Gasteiger partial charge in [-0.05, 0) is 24.0 Å². The molecule has 0 spiro atoms. The van der Waals surface area contributed by atoms with Gasteiger partial charge in [0, 0.05) is 16.5 Å². The summed E-state index contributed by atoms with van der Waals surface area (Å²) in [6, 6.07) is 9.86. The molecule has 0 atom stereocenters. The van der Waals surface area contributed by atoms with Crippen molar-refractivity contribution in [2.45, 2.75) is 18.0 Å². The summed E-state index contributed by atoms with van der Waals surface area (Å²) in [5.74, 6) is 0.0475. The molecule has 1 N–H and O–H groups in total. The van der Waals surface area contributed by atoms with Gasteiger partial charge < -0.3 is 5.32 Å². The van der Waals surface area contributed by atoms with Crippen LogP contribution in [0.2, 0.25) is 5.15 Å². The second kappa shape index (κ2) is 7.74. The monoisotopic (exact) mass is 411 g/mol. The van der Waals surface area contributed by atoms with Gasteiger partial charge in [-0.1, -0.05) is 36.7 Å². The lowest BCUT2D eigenvalue weighted by molar-refractivity contribution is -0.137. The summed E-state index contributed by atoms with van der Waals surface area (Å²) in [4.78, 5) is 21.2. The topological polar surface area (TPSA) is 54.9 Å². The van der Waals surface area contributed by atoms with Crippen LogP contribution >= 0.6 is 23.4 Å². The van der Waals surface area contributed by atoms with Crippen LogP contribution in [0, 0.1) is 0 Å². The lowest BCUT2D eigenvalue weighted by atomic mass is 10.2. The molecule has 2 aromatic heterocycles. The van der Waals surface area contributed by atoms with Gasteiger partial charge in [-0.2, -0.15) is 13.2 Å². The average Bonchev–Trinajstić information content (AvgIpc) is 2.62. The highest BCUT2D eigenvalue weighted by Gasteiger charge is 2.32. The minimum atomic E-state index is -4.60. The quantitative estimate of drug-likeness (QED) is 0.444. The van der Waals surface area contributed by atoms with E-state index in [-0.39, 0.29) is 16.5 Å². The zero-order valence-corrected chi connectivity index (χ0v) is 15.5. The molecule has 0 aliphatic heterocycles. The van der Waals surface area contributed by atoms with Crippen molar-refractivity contribution in [3.63, 3.8) is 0 Å². The summed E-state index contributed by atoms with van der Waals surface area (Å²) in [5, 5.41) is 3.02. The molecule has 140 valence electrons. The molecule has 2 heterocycles. The molecule has 0 radical (unpaired) electrons. The molecule has 0 bridgehead atoms. The number of hydrogen-bond donors (Lipinski definition) is 1. The number of carbonyl (C=O) groups excluding carboxylic acids is 1. The first kappa shape index (κ1) is 19.4. The van der Waals surface area contributed by atoms with Crippen LogP contribution in [0.3, 0.4) is 0 Å². The van der Waals surface area contributed by atoms with Crippen LogP contribution in [-0.4, -0.2) is 21.6 Å². The van der Waals surface area contributed by atoms with Crippen molar-refractivity contribution in [3.8, 4) is 0 Å². The highest BCUT2D eigenvalue weighted by molar-refractivity contribution is 7.99. The van der Waals surface area contributed by atoms with Gasteiger partial charge in [-0.15, -0.1) is 11.8 Å². The summed E-state index contributed by atoms with van der Waals surface area (Å²) in [5.41, 5.74) is -0.499. The highest BCUT2D eigenvalue weighted by atomic mass is 35.5. The van der Waals surface area contributed by atoms with Crippen molar-refractivity contribution < 1.29 is 18.0 Å². The maximum Gasteiger partial charge on any atom is 0.417 e. The third kappa shape index (κ3) is 4.33. The van der Waals surface area contributed by atoms with Crippen LogP contribution in [-0.2, 0) is 6.18 Å². The van der Waals surface area contributed by atoms with E-state index in [0.29, 0.717) is 22.4 Å². The van der Waals surface area contributed by atoms with Crippen molar-refractivity contribution in [2.24, 2.45) is 0 Å². The van der Waals surface area contributed by atoms with Crippen molar-refractivity contribution in [1.29, 1.82) is 0 Å². The first-order chi connectivity index (χ1) is 12.8. The van der Waals surface area contributed by atoms with Gasteiger partial charge in [-0.25, -0.2) is 9.97 Å². The zero-order valence-electron chi connectivity index (χ0n) is 14.0.